The van der Waals surface area contributed by atoms with Crippen molar-refractivity contribution >= 4 is 40.1 Å². The molecule has 3 unspecified atom stereocenters. The van der Waals surface area contributed by atoms with Crippen LogP contribution in [-0.2, 0) is 27.7 Å². The number of carboxylic acid groups (broad SMARTS) is 1. The average molecular weight is 631 g/mol. The molecule has 5 rings (SSSR count). The van der Waals surface area contributed by atoms with E-state index in [4.69, 9.17) is 0 Å². The van der Waals surface area contributed by atoms with Crippen molar-refractivity contribution in [3.63, 3.8) is 0 Å². The van der Waals surface area contributed by atoms with Gasteiger partial charge >= 0.3 is 12.1 Å². The summed E-state index contributed by atoms with van der Waals surface area (Å²) >= 11 is -0.0626. The topological polar surface area (TPSA) is 131 Å². The summed E-state index contributed by atoms with van der Waals surface area (Å²) in [6.45, 7) is 3.66. The highest BCUT2D eigenvalue weighted by Crippen LogP contribution is 2.51. The molecule has 43 heavy (non-hydrogen) atoms. The number of halogens is 3. The van der Waals surface area contributed by atoms with Crippen LogP contribution in [0.4, 0.5) is 24.8 Å². The van der Waals surface area contributed by atoms with Crippen LogP contribution < -0.4 is 5.32 Å². The van der Waals surface area contributed by atoms with Crippen LogP contribution in [0.3, 0.4) is 0 Å². The van der Waals surface area contributed by atoms with Crippen molar-refractivity contribution in [2.24, 2.45) is 11.3 Å². The first-order valence-corrected chi connectivity index (χ1v) is 15.7. The molecule has 0 radical (unpaired) electrons. The van der Waals surface area contributed by atoms with E-state index in [1.54, 1.807) is 42.8 Å². The number of hydrogen-bond donors (Lipinski definition) is 3. The smallest absolute Gasteiger partial charge is 0.433 e. The number of nitrogens with one attached hydrogen (secondary N) is 1. The van der Waals surface area contributed by atoms with Crippen molar-refractivity contribution in [2.45, 2.75) is 49.8 Å². The molecule has 0 saturated heterocycles. The molecule has 2 aromatic carbocycles. The van der Waals surface area contributed by atoms with Gasteiger partial charge in [0, 0.05) is 23.6 Å². The summed E-state index contributed by atoms with van der Waals surface area (Å²) in [6.07, 6.45) is 0.328. The zero-order valence-electron chi connectivity index (χ0n) is 23.5. The van der Waals surface area contributed by atoms with E-state index < -0.39 is 45.9 Å². The molecule has 13 heteroatoms. The number of hydrogen-bond acceptors (Lipinski definition) is 8. The van der Waals surface area contributed by atoms with Crippen LogP contribution in [0.5, 0.6) is 0 Å². The number of aromatic nitrogens is 3. The Kier molecular flexibility index (Phi) is 8.29. The predicted octanol–water partition coefficient (Wildman–Crippen LogP) is 6.87. The molecule has 1 fully saturated rings. The molecular formula is C30H29F3N4O4S2. The molecule has 2 heterocycles. The van der Waals surface area contributed by atoms with Gasteiger partial charge in [-0.05, 0) is 83.4 Å². The Morgan fingerprint density at radius 1 is 1.14 bits per heavy atom. The molecule has 3 atom stereocenters. The molecule has 0 spiro atoms. The maximum absolute atomic E-state index is 13.3. The summed E-state index contributed by atoms with van der Waals surface area (Å²) in [7, 11) is 0. The number of aliphatic carboxylic acids is 1. The Morgan fingerprint density at radius 2 is 1.86 bits per heavy atom. The first-order chi connectivity index (χ1) is 20.2. The molecule has 226 valence electrons. The molecule has 0 bridgehead atoms. The standard InChI is InChI=1S/C30H29F3N4O4S2/c1-28(2)16-29(40,10-8-21(28)25(38)39)26-35-15-22(42-26)18-12-17(20-6-4-5-7-23(20)43(3)41)13-19(14-18)36-27-34-11-9-24(37-27)30(31,32)33/h4-7,9,11-15,21,40H,8,10,16H2,1-3H3,(H,38,39)(H,34,36,37). The van der Waals surface area contributed by atoms with E-state index in [-0.39, 0.29) is 18.8 Å². The van der Waals surface area contributed by atoms with E-state index >= 15 is 0 Å². The molecule has 3 N–H and O–H groups in total. The third-order valence-corrected chi connectivity index (χ3v) is 9.88. The maximum atomic E-state index is 13.3. The van der Waals surface area contributed by atoms with Gasteiger partial charge in [0.15, 0.2) is 4.90 Å². The minimum absolute atomic E-state index is 0.222. The molecule has 1 aliphatic rings. The first-order valence-electron chi connectivity index (χ1n) is 13.3. The fourth-order valence-corrected chi connectivity index (χ4v) is 7.45. The normalized spacial score (nSPS) is 20.9. The van der Waals surface area contributed by atoms with Crippen molar-refractivity contribution in [1.82, 2.24) is 15.0 Å². The van der Waals surface area contributed by atoms with Gasteiger partial charge in [0.1, 0.15) is 22.6 Å². The molecule has 2 aromatic heterocycles. The summed E-state index contributed by atoms with van der Waals surface area (Å²) in [5.74, 6) is -1.72. The highest BCUT2D eigenvalue weighted by atomic mass is 32.2. The van der Waals surface area contributed by atoms with Crippen LogP contribution >= 0.6 is 11.3 Å². The largest absolute Gasteiger partial charge is 0.612 e. The second-order valence-electron chi connectivity index (χ2n) is 11.3. The summed E-state index contributed by atoms with van der Waals surface area (Å²) in [5.41, 5.74) is -0.700. The van der Waals surface area contributed by atoms with Gasteiger partial charge in [-0.25, -0.2) is 15.0 Å². The van der Waals surface area contributed by atoms with Gasteiger partial charge in [-0.2, -0.15) is 13.2 Å². The Morgan fingerprint density at radius 3 is 2.53 bits per heavy atom. The van der Waals surface area contributed by atoms with Crippen molar-refractivity contribution < 1.29 is 32.7 Å². The number of nitrogens with zero attached hydrogens (tertiary/aromatic N) is 3. The summed E-state index contributed by atoms with van der Waals surface area (Å²) in [4.78, 5) is 25.1. The summed E-state index contributed by atoms with van der Waals surface area (Å²) in [5, 5.41) is 24.6. The molecule has 0 amide bonds. The molecular weight excluding hydrogens is 601 g/mol. The zero-order valence-corrected chi connectivity index (χ0v) is 25.1. The van der Waals surface area contributed by atoms with Crippen molar-refractivity contribution in [3.05, 3.63) is 71.6 Å². The van der Waals surface area contributed by atoms with Crippen molar-refractivity contribution in [2.75, 3.05) is 11.6 Å². The lowest BCUT2D eigenvalue weighted by Crippen LogP contribution is -2.44. The van der Waals surface area contributed by atoms with Crippen molar-refractivity contribution in [3.8, 4) is 21.6 Å². The van der Waals surface area contributed by atoms with Crippen LogP contribution in [0.1, 0.15) is 43.8 Å². The van der Waals surface area contributed by atoms with E-state index in [1.165, 1.54) is 11.3 Å². The Bertz CT molecular complexity index is 1660. The first kappa shape index (κ1) is 30.9. The van der Waals surface area contributed by atoms with Gasteiger partial charge in [-0.15, -0.1) is 11.3 Å². The fourth-order valence-electron chi connectivity index (χ4n) is 5.66. The maximum Gasteiger partial charge on any atom is 0.433 e. The lowest BCUT2D eigenvalue weighted by molar-refractivity contribution is -0.154. The Labute approximate surface area is 253 Å². The highest BCUT2D eigenvalue weighted by molar-refractivity contribution is 7.90. The van der Waals surface area contributed by atoms with Gasteiger partial charge in [-0.1, -0.05) is 26.0 Å². The highest BCUT2D eigenvalue weighted by Gasteiger charge is 2.49. The number of carboxylic acids is 1. The predicted molar refractivity (Wildman–Crippen MR) is 158 cm³/mol. The monoisotopic (exact) mass is 630 g/mol. The fraction of sp³-hybridized carbons (Fsp3) is 0.333. The van der Waals surface area contributed by atoms with E-state index in [2.05, 4.69) is 20.3 Å². The second-order valence-corrected chi connectivity index (χ2v) is 13.7. The van der Waals surface area contributed by atoms with E-state index in [9.17, 15) is 32.7 Å². The Hall–Kier alpha value is -3.52. The summed E-state index contributed by atoms with van der Waals surface area (Å²) < 4.78 is 52.4. The van der Waals surface area contributed by atoms with Gasteiger partial charge in [0.2, 0.25) is 5.95 Å². The minimum atomic E-state index is -4.64. The zero-order chi connectivity index (χ0) is 31.2. The molecule has 4 aromatic rings. The summed E-state index contributed by atoms with van der Waals surface area (Å²) in [6, 6.07) is 13.2. The van der Waals surface area contributed by atoms with Crippen LogP contribution in [0, 0.1) is 11.3 Å². The number of thiazole rings is 1. The number of aliphatic hydroxyl groups is 1. The number of carbonyl (C=O) groups is 1. The van der Waals surface area contributed by atoms with E-state index in [0.29, 0.717) is 43.6 Å². The van der Waals surface area contributed by atoms with Crippen LogP contribution in [0.25, 0.3) is 21.6 Å². The quantitative estimate of drug-likeness (QED) is 0.189. The van der Waals surface area contributed by atoms with Gasteiger partial charge in [0.25, 0.3) is 0 Å². The van der Waals surface area contributed by atoms with Gasteiger partial charge in [-0.3, -0.25) is 4.79 Å². The van der Waals surface area contributed by atoms with Crippen LogP contribution in [0.15, 0.2) is 65.8 Å². The molecule has 0 aliphatic heterocycles. The van der Waals surface area contributed by atoms with Gasteiger partial charge < -0.3 is 20.1 Å². The minimum Gasteiger partial charge on any atom is -0.612 e. The van der Waals surface area contributed by atoms with Crippen LogP contribution in [-0.4, -0.2) is 41.9 Å². The second kappa shape index (κ2) is 11.5. The number of benzene rings is 2. The van der Waals surface area contributed by atoms with Gasteiger partial charge in [0.05, 0.1) is 10.8 Å². The third-order valence-electron chi connectivity index (χ3n) is 7.67. The average Bonchev–Trinajstić information content (AvgIpc) is 3.43. The number of rotatable bonds is 7. The van der Waals surface area contributed by atoms with E-state index in [0.717, 1.165) is 12.3 Å². The number of alkyl halides is 3. The molecule has 1 aliphatic carbocycles. The third kappa shape index (κ3) is 6.54. The SMILES string of the molecule is C[S+]([O-])c1ccccc1-c1cc(Nc2nccc(C(F)(F)F)n2)cc(-c2cnc(C3(O)CCC(C(=O)O)C(C)(C)C3)s2)c1. The van der Waals surface area contributed by atoms with Crippen LogP contribution in [0.2, 0.25) is 0 Å². The van der Waals surface area contributed by atoms with Crippen molar-refractivity contribution in [1.29, 1.82) is 0 Å². The van der Waals surface area contributed by atoms with E-state index in [1.807, 2.05) is 26.0 Å². The lowest BCUT2D eigenvalue weighted by atomic mass is 9.63. The molecule has 8 nitrogen and oxygen atoms in total. The lowest BCUT2D eigenvalue weighted by Gasteiger charge is -2.44. The number of anilines is 2. The molecule has 1 saturated carbocycles. The Balaban J connectivity index is 1.56.